The van der Waals surface area contributed by atoms with E-state index in [-0.39, 0.29) is 36.5 Å². The summed E-state index contributed by atoms with van der Waals surface area (Å²) in [6.45, 7) is 16.6. The maximum Gasteiger partial charge on any atom is 0.252 e. The zero-order valence-electron chi connectivity index (χ0n) is 40.1. The fourth-order valence-corrected chi connectivity index (χ4v) is 5.56. The summed E-state index contributed by atoms with van der Waals surface area (Å²) in [6.07, 6.45) is 10.7. The van der Waals surface area contributed by atoms with Gasteiger partial charge < -0.3 is 42.2 Å². The Kier molecular flexibility index (Phi) is 31.0. The molecule has 2 rings (SSSR count). The van der Waals surface area contributed by atoms with Crippen LogP contribution in [0, 0.1) is 5.92 Å². The summed E-state index contributed by atoms with van der Waals surface area (Å²) in [6, 6.07) is 5.22. The van der Waals surface area contributed by atoms with E-state index in [9.17, 15) is 28.8 Å². The molecule has 66 heavy (non-hydrogen) atoms. The van der Waals surface area contributed by atoms with Crippen LogP contribution in [0.2, 0.25) is 0 Å². The minimum atomic E-state index is -0.734. The molecule has 0 saturated carbocycles. The lowest BCUT2D eigenvalue weighted by Crippen LogP contribution is -2.44. The van der Waals surface area contributed by atoms with E-state index in [4.69, 9.17) is 20.9 Å². The molecule has 0 spiro atoms. The minimum Gasteiger partial charge on any atom is -0.381 e. The van der Waals surface area contributed by atoms with Crippen LogP contribution in [-0.2, 0) is 28.7 Å². The number of hydrogen-bond donors (Lipinski definition) is 8. The smallest absolute Gasteiger partial charge is 0.252 e. The number of primary amides is 2. The highest BCUT2D eigenvalue weighted by atomic mass is 16.5. The summed E-state index contributed by atoms with van der Waals surface area (Å²) < 4.78 is 10.8. The van der Waals surface area contributed by atoms with Gasteiger partial charge in [-0.2, -0.15) is 10.2 Å². The van der Waals surface area contributed by atoms with Crippen LogP contribution in [0.5, 0.6) is 0 Å². The number of nitrogens with two attached hydrogens (primary N) is 2. The standard InChI is InChI=1S/C24H40N6O4.C22H36N6O4/c1-17(2)8-7-14-34-15-12-22(31)28-20(23(25)32)9-5-6-13-26-24(33)19-10-11-21(27-16-19)30-29-18(3)4;1-4-5-13-32-14-11-20(29)26-18(21(23)30)8-6-7-12-24-22(31)17-9-10-19(25-15-17)28-27-16(2)3/h10-11,16-17,20H,5-9,12-15H2,1-4H3,(H2,25,32)(H,26,33)(H,27,30)(H,28,31);9-10,15,18H,4-8,11-14H2,1-3H3,(H2,23,30)(H,24,31)(H,25,28)(H,26,29)/t20-;18-/m00/s1. The van der Waals surface area contributed by atoms with Crippen LogP contribution in [-0.4, -0.2) is 108 Å². The molecular formula is C46H76N12O8. The molecule has 0 aromatic carbocycles. The Labute approximate surface area is 390 Å². The number of pyridine rings is 2. The number of amides is 6. The second kappa shape index (κ2) is 35.3. The molecule has 0 bridgehead atoms. The summed E-state index contributed by atoms with van der Waals surface area (Å²) >= 11 is 0. The van der Waals surface area contributed by atoms with Gasteiger partial charge in [0.2, 0.25) is 23.6 Å². The van der Waals surface area contributed by atoms with Crippen LogP contribution in [0.25, 0.3) is 0 Å². The minimum absolute atomic E-state index is 0.189. The second-order valence-electron chi connectivity index (χ2n) is 16.4. The molecular weight excluding hydrogens is 849 g/mol. The van der Waals surface area contributed by atoms with Crippen molar-refractivity contribution in [2.45, 2.75) is 138 Å². The Bertz CT molecular complexity index is 1800. The molecule has 0 aliphatic rings. The third-order valence-electron chi connectivity index (χ3n) is 9.27. The molecule has 2 aromatic heterocycles. The van der Waals surface area contributed by atoms with Gasteiger partial charge in [-0.25, -0.2) is 9.97 Å². The van der Waals surface area contributed by atoms with E-state index in [2.05, 4.69) is 73.1 Å². The van der Waals surface area contributed by atoms with Gasteiger partial charge in [0.15, 0.2) is 0 Å². The predicted molar refractivity (Wildman–Crippen MR) is 258 cm³/mol. The quantitative estimate of drug-likeness (QED) is 0.0278. The highest BCUT2D eigenvalue weighted by Crippen LogP contribution is 2.09. The first kappa shape index (κ1) is 58.0. The van der Waals surface area contributed by atoms with Crippen molar-refractivity contribution >= 4 is 58.5 Å². The molecule has 20 nitrogen and oxygen atoms in total. The number of carbonyl (C=O) groups excluding carboxylic acids is 6. The summed E-state index contributed by atoms with van der Waals surface area (Å²) in [4.78, 5) is 80.0. The lowest BCUT2D eigenvalue weighted by atomic mass is 10.1. The van der Waals surface area contributed by atoms with Crippen molar-refractivity contribution in [3.63, 3.8) is 0 Å². The normalized spacial score (nSPS) is 11.5. The third-order valence-corrected chi connectivity index (χ3v) is 9.27. The largest absolute Gasteiger partial charge is 0.381 e. The summed E-state index contributed by atoms with van der Waals surface area (Å²) in [5, 5.41) is 19.0. The number of nitrogens with one attached hydrogen (secondary N) is 6. The van der Waals surface area contributed by atoms with Gasteiger partial charge in [-0.3, -0.25) is 39.6 Å². The van der Waals surface area contributed by atoms with E-state index < -0.39 is 23.9 Å². The Morgan fingerprint density at radius 3 is 1.36 bits per heavy atom. The van der Waals surface area contributed by atoms with E-state index in [1.165, 1.54) is 12.4 Å². The van der Waals surface area contributed by atoms with Crippen molar-refractivity contribution in [3.8, 4) is 0 Å². The SMILES string of the molecule is CC(C)=NNc1ccc(C(=O)NCCCC[C@H](NC(=O)CCOCCCC(C)C)C(N)=O)cn1.CCCCOCCC(=O)N[C@@H](CCCCNC(=O)c1ccc(NN=C(C)C)nc1)C(N)=O. The van der Waals surface area contributed by atoms with Crippen LogP contribution < -0.4 is 43.6 Å². The number of hydrogen-bond acceptors (Lipinski definition) is 14. The van der Waals surface area contributed by atoms with Gasteiger partial charge in [-0.15, -0.1) is 0 Å². The van der Waals surface area contributed by atoms with Crippen molar-refractivity contribution in [1.82, 2.24) is 31.2 Å². The molecule has 20 heteroatoms. The molecule has 2 atom stereocenters. The molecule has 0 aliphatic heterocycles. The van der Waals surface area contributed by atoms with Crippen molar-refractivity contribution in [2.75, 3.05) is 50.4 Å². The van der Waals surface area contributed by atoms with Gasteiger partial charge >= 0.3 is 0 Å². The summed E-state index contributed by atoms with van der Waals surface area (Å²) in [7, 11) is 0. The number of anilines is 2. The van der Waals surface area contributed by atoms with E-state index in [1.807, 2.05) is 27.7 Å². The molecule has 0 unspecified atom stereocenters. The number of nitrogens with zero attached hydrogens (tertiary/aromatic N) is 4. The Hall–Kier alpha value is -6.02. The van der Waals surface area contributed by atoms with E-state index >= 15 is 0 Å². The lowest BCUT2D eigenvalue weighted by molar-refractivity contribution is -0.128. The number of ether oxygens (including phenoxy) is 2. The lowest BCUT2D eigenvalue weighted by Gasteiger charge is -2.15. The van der Waals surface area contributed by atoms with Gasteiger partial charge in [-0.05, 0) is 116 Å². The van der Waals surface area contributed by atoms with Crippen LogP contribution in [0.1, 0.15) is 146 Å². The first-order chi connectivity index (χ1) is 31.5. The monoisotopic (exact) mass is 925 g/mol. The molecule has 2 heterocycles. The molecule has 0 fully saturated rings. The van der Waals surface area contributed by atoms with E-state index in [0.717, 1.165) is 37.1 Å². The van der Waals surface area contributed by atoms with Gasteiger partial charge in [-0.1, -0.05) is 27.2 Å². The van der Waals surface area contributed by atoms with E-state index in [0.29, 0.717) is 107 Å². The summed E-state index contributed by atoms with van der Waals surface area (Å²) in [5.41, 5.74) is 19.0. The van der Waals surface area contributed by atoms with E-state index in [1.54, 1.807) is 24.3 Å². The molecule has 2 aromatic rings. The average molecular weight is 925 g/mol. The number of unbranched alkanes of at least 4 members (excludes halogenated alkanes) is 3. The molecule has 6 amide bonds. The van der Waals surface area contributed by atoms with Crippen molar-refractivity contribution in [1.29, 1.82) is 0 Å². The third kappa shape index (κ3) is 29.4. The number of aromatic nitrogens is 2. The molecule has 0 aliphatic carbocycles. The predicted octanol–water partition coefficient (Wildman–Crippen LogP) is 4.57. The molecule has 0 saturated heterocycles. The maximum atomic E-state index is 12.2. The zero-order chi connectivity index (χ0) is 49.1. The van der Waals surface area contributed by atoms with Crippen LogP contribution in [0.15, 0.2) is 46.9 Å². The first-order valence-corrected chi connectivity index (χ1v) is 22.9. The van der Waals surface area contributed by atoms with Gasteiger partial charge in [0, 0.05) is 63.0 Å². The maximum absolute atomic E-state index is 12.2. The number of hydrazone groups is 2. The molecule has 368 valence electrons. The highest BCUT2D eigenvalue weighted by Gasteiger charge is 2.19. The summed E-state index contributed by atoms with van der Waals surface area (Å²) in [5.74, 6) is -0.397. The van der Waals surface area contributed by atoms with Crippen LogP contribution in [0.3, 0.4) is 0 Å². The zero-order valence-corrected chi connectivity index (χ0v) is 40.1. The van der Waals surface area contributed by atoms with Crippen molar-refractivity contribution in [2.24, 2.45) is 27.6 Å². The van der Waals surface area contributed by atoms with Gasteiger partial charge in [0.1, 0.15) is 23.7 Å². The highest BCUT2D eigenvalue weighted by molar-refractivity contribution is 5.94. The Morgan fingerprint density at radius 2 is 1.02 bits per heavy atom. The average Bonchev–Trinajstić information content (AvgIpc) is 3.27. The van der Waals surface area contributed by atoms with Gasteiger partial charge in [0.25, 0.3) is 11.8 Å². The fourth-order valence-electron chi connectivity index (χ4n) is 5.56. The van der Waals surface area contributed by atoms with Crippen molar-refractivity contribution in [3.05, 3.63) is 47.8 Å². The number of rotatable bonds is 33. The topological polar surface area (TPSA) is 296 Å². The molecule has 10 N–H and O–H groups in total. The Morgan fingerprint density at radius 1 is 0.591 bits per heavy atom. The van der Waals surface area contributed by atoms with Crippen LogP contribution >= 0.6 is 0 Å². The van der Waals surface area contributed by atoms with Crippen LogP contribution in [0.4, 0.5) is 11.6 Å². The Balaban J connectivity index is 0.000000661. The first-order valence-electron chi connectivity index (χ1n) is 22.9. The number of carbonyl (C=O) groups is 6. The van der Waals surface area contributed by atoms with Crippen molar-refractivity contribution < 1.29 is 38.2 Å². The molecule has 0 radical (unpaired) electrons. The fraction of sp³-hybridized carbons (Fsp3) is 0.609. The van der Waals surface area contributed by atoms with Gasteiger partial charge in [0.05, 0.1) is 24.3 Å². The second-order valence-corrected chi connectivity index (χ2v) is 16.4.